The number of nitrogens with zero attached hydrogens (tertiary/aromatic N) is 1. The van der Waals surface area contributed by atoms with Crippen LogP contribution < -0.4 is 11.1 Å². The smallest absolute Gasteiger partial charge is 0.238 e. The molecule has 1 aromatic rings. The van der Waals surface area contributed by atoms with E-state index in [0.29, 0.717) is 12.5 Å². The molecular formula is C16H25N3O. The molecule has 4 nitrogen and oxygen atoms in total. The Labute approximate surface area is 121 Å². The molecule has 0 aliphatic carbocycles. The lowest BCUT2D eigenvalue weighted by molar-refractivity contribution is -0.117. The number of amides is 1. The van der Waals surface area contributed by atoms with Gasteiger partial charge in [-0.15, -0.1) is 0 Å². The molecule has 1 saturated heterocycles. The highest BCUT2D eigenvalue weighted by atomic mass is 16.2. The predicted octanol–water partition coefficient (Wildman–Crippen LogP) is 1.91. The number of nitrogens with one attached hydrogen (secondary N) is 1. The molecule has 2 rings (SSSR count). The van der Waals surface area contributed by atoms with Gasteiger partial charge in [-0.05, 0) is 63.4 Å². The third kappa shape index (κ3) is 3.81. The van der Waals surface area contributed by atoms with Crippen LogP contribution in [0.5, 0.6) is 0 Å². The molecule has 20 heavy (non-hydrogen) atoms. The molecule has 1 fully saturated rings. The number of rotatable bonds is 4. The molecule has 4 heteroatoms. The molecule has 0 spiro atoms. The van der Waals surface area contributed by atoms with E-state index in [1.54, 1.807) is 0 Å². The lowest BCUT2D eigenvalue weighted by Crippen LogP contribution is -2.40. The topological polar surface area (TPSA) is 58.4 Å². The highest BCUT2D eigenvalue weighted by molar-refractivity contribution is 5.93. The Morgan fingerprint density at radius 3 is 2.45 bits per heavy atom. The molecule has 0 aromatic heterocycles. The van der Waals surface area contributed by atoms with Crippen molar-refractivity contribution in [1.82, 2.24) is 4.90 Å². The van der Waals surface area contributed by atoms with Gasteiger partial charge in [-0.2, -0.15) is 0 Å². The Morgan fingerprint density at radius 2 is 1.90 bits per heavy atom. The molecule has 1 aromatic carbocycles. The highest BCUT2D eigenvalue weighted by Gasteiger charge is 2.20. The Morgan fingerprint density at radius 1 is 1.30 bits per heavy atom. The number of benzene rings is 1. The summed E-state index contributed by atoms with van der Waals surface area (Å²) in [4.78, 5) is 14.4. The van der Waals surface area contributed by atoms with Gasteiger partial charge in [0, 0.05) is 5.69 Å². The number of carbonyl (C=O) groups excluding carboxylic acids is 1. The monoisotopic (exact) mass is 275 g/mol. The van der Waals surface area contributed by atoms with E-state index < -0.39 is 0 Å². The average molecular weight is 275 g/mol. The van der Waals surface area contributed by atoms with E-state index in [-0.39, 0.29) is 5.91 Å². The van der Waals surface area contributed by atoms with Gasteiger partial charge < -0.3 is 11.1 Å². The number of para-hydroxylation sites is 1. The minimum atomic E-state index is 0.0774. The Bertz CT molecular complexity index is 445. The lowest BCUT2D eigenvalue weighted by atomic mass is 9.97. The van der Waals surface area contributed by atoms with Crippen LogP contribution in [-0.4, -0.2) is 37.0 Å². The van der Waals surface area contributed by atoms with E-state index >= 15 is 0 Å². The van der Waals surface area contributed by atoms with Crippen molar-refractivity contribution in [2.75, 3.05) is 31.5 Å². The number of hydrogen-bond donors (Lipinski definition) is 2. The molecule has 0 unspecified atom stereocenters. The molecule has 0 atom stereocenters. The summed E-state index contributed by atoms with van der Waals surface area (Å²) in [5.41, 5.74) is 8.86. The number of nitrogens with two attached hydrogens (primary N) is 1. The maximum absolute atomic E-state index is 12.2. The first-order valence-electron chi connectivity index (χ1n) is 7.38. The number of aryl methyl sites for hydroxylation is 2. The van der Waals surface area contributed by atoms with Crippen molar-refractivity contribution in [3.63, 3.8) is 0 Å². The van der Waals surface area contributed by atoms with Crippen LogP contribution >= 0.6 is 0 Å². The second-order valence-corrected chi connectivity index (χ2v) is 5.77. The third-order valence-electron chi connectivity index (χ3n) is 4.15. The molecule has 1 aliphatic heterocycles. The van der Waals surface area contributed by atoms with Crippen LogP contribution in [0.4, 0.5) is 5.69 Å². The molecule has 3 N–H and O–H groups in total. The quantitative estimate of drug-likeness (QED) is 0.882. The van der Waals surface area contributed by atoms with Gasteiger partial charge in [0.25, 0.3) is 0 Å². The summed E-state index contributed by atoms with van der Waals surface area (Å²) >= 11 is 0. The summed E-state index contributed by atoms with van der Waals surface area (Å²) in [5.74, 6) is 0.710. The van der Waals surface area contributed by atoms with E-state index in [9.17, 15) is 4.79 Å². The van der Waals surface area contributed by atoms with Crippen LogP contribution in [-0.2, 0) is 4.79 Å². The summed E-state index contributed by atoms with van der Waals surface area (Å²) < 4.78 is 0. The Hall–Kier alpha value is -1.39. The molecule has 0 radical (unpaired) electrons. The van der Waals surface area contributed by atoms with Gasteiger partial charge in [0.15, 0.2) is 0 Å². The van der Waals surface area contributed by atoms with Gasteiger partial charge in [-0.3, -0.25) is 9.69 Å². The normalized spacial score (nSPS) is 17.1. The van der Waals surface area contributed by atoms with Crippen molar-refractivity contribution in [3.8, 4) is 0 Å². The van der Waals surface area contributed by atoms with Crippen LogP contribution in [0.2, 0.25) is 0 Å². The second kappa shape index (κ2) is 6.86. The zero-order chi connectivity index (χ0) is 14.5. The second-order valence-electron chi connectivity index (χ2n) is 5.77. The predicted molar refractivity (Wildman–Crippen MR) is 82.8 cm³/mol. The van der Waals surface area contributed by atoms with Crippen LogP contribution in [0.15, 0.2) is 18.2 Å². The summed E-state index contributed by atoms with van der Waals surface area (Å²) in [6, 6.07) is 6.06. The van der Waals surface area contributed by atoms with Gasteiger partial charge in [0.1, 0.15) is 0 Å². The summed E-state index contributed by atoms with van der Waals surface area (Å²) in [6.07, 6.45) is 2.21. The van der Waals surface area contributed by atoms with Crippen molar-refractivity contribution < 1.29 is 4.79 Å². The van der Waals surface area contributed by atoms with Crippen LogP contribution in [0.25, 0.3) is 0 Å². The first kappa shape index (κ1) is 15.0. The van der Waals surface area contributed by atoms with Crippen LogP contribution in [0.3, 0.4) is 0 Å². The minimum Gasteiger partial charge on any atom is -0.330 e. The number of carbonyl (C=O) groups is 1. The third-order valence-corrected chi connectivity index (χ3v) is 4.15. The van der Waals surface area contributed by atoms with Crippen LogP contribution in [0, 0.1) is 19.8 Å². The average Bonchev–Trinajstić information content (AvgIpc) is 2.44. The van der Waals surface area contributed by atoms with E-state index in [0.717, 1.165) is 49.3 Å². The van der Waals surface area contributed by atoms with Gasteiger partial charge in [0.05, 0.1) is 6.54 Å². The maximum atomic E-state index is 12.2. The van der Waals surface area contributed by atoms with Gasteiger partial charge in [0.2, 0.25) is 5.91 Å². The van der Waals surface area contributed by atoms with Gasteiger partial charge in [-0.1, -0.05) is 18.2 Å². The Balaban J connectivity index is 1.87. The fourth-order valence-electron chi connectivity index (χ4n) is 2.77. The standard InChI is InChI=1S/C16H25N3O/c1-12-4-3-5-13(2)16(12)18-15(20)11-19-8-6-14(10-17)7-9-19/h3-5,14H,6-11,17H2,1-2H3,(H,18,20). The van der Waals surface area contributed by atoms with Crippen molar-refractivity contribution >= 4 is 11.6 Å². The maximum Gasteiger partial charge on any atom is 0.238 e. The van der Waals surface area contributed by atoms with E-state index in [2.05, 4.69) is 10.2 Å². The molecule has 1 amide bonds. The van der Waals surface area contributed by atoms with Crippen molar-refractivity contribution in [2.45, 2.75) is 26.7 Å². The fourth-order valence-corrected chi connectivity index (χ4v) is 2.77. The fraction of sp³-hybridized carbons (Fsp3) is 0.562. The zero-order valence-electron chi connectivity index (χ0n) is 12.5. The molecule has 1 heterocycles. The summed E-state index contributed by atoms with van der Waals surface area (Å²) in [5, 5.41) is 3.05. The highest BCUT2D eigenvalue weighted by Crippen LogP contribution is 2.20. The summed E-state index contributed by atoms with van der Waals surface area (Å²) in [7, 11) is 0. The number of piperidine rings is 1. The minimum absolute atomic E-state index is 0.0774. The molecule has 110 valence electrons. The van der Waals surface area contributed by atoms with Gasteiger partial charge >= 0.3 is 0 Å². The van der Waals surface area contributed by atoms with E-state index in [1.165, 1.54) is 0 Å². The van der Waals surface area contributed by atoms with Crippen molar-refractivity contribution in [2.24, 2.45) is 11.7 Å². The SMILES string of the molecule is Cc1cccc(C)c1NC(=O)CN1CCC(CN)CC1. The molecule has 0 saturated carbocycles. The first-order valence-corrected chi connectivity index (χ1v) is 7.38. The lowest BCUT2D eigenvalue weighted by Gasteiger charge is -2.30. The first-order chi connectivity index (χ1) is 9.60. The van der Waals surface area contributed by atoms with E-state index in [1.807, 2.05) is 32.0 Å². The molecule has 0 bridgehead atoms. The van der Waals surface area contributed by atoms with E-state index in [4.69, 9.17) is 5.73 Å². The number of anilines is 1. The Kier molecular flexibility index (Phi) is 5.15. The molecular weight excluding hydrogens is 250 g/mol. The van der Waals surface area contributed by atoms with Gasteiger partial charge in [-0.25, -0.2) is 0 Å². The zero-order valence-corrected chi connectivity index (χ0v) is 12.5. The largest absolute Gasteiger partial charge is 0.330 e. The van der Waals surface area contributed by atoms with Crippen molar-refractivity contribution in [1.29, 1.82) is 0 Å². The number of hydrogen-bond acceptors (Lipinski definition) is 3. The van der Waals surface area contributed by atoms with Crippen LogP contribution in [0.1, 0.15) is 24.0 Å². The number of likely N-dealkylation sites (tertiary alicyclic amines) is 1. The van der Waals surface area contributed by atoms with Crippen molar-refractivity contribution in [3.05, 3.63) is 29.3 Å². The summed E-state index contributed by atoms with van der Waals surface area (Å²) in [6.45, 7) is 7.24. The molecule has 1 aliphatic rings.